The molecule has 36 heavy (non-hydrogen) atoms. The summed E-state index contributed by atoms with van der Waals surface area (Å²) < 4.78 is 22.6. The first-order valence-corrected chi connectivity index (χ1v) is 13.0. The van der Waals surface area contributed by atoms with Gasteiger partial charge in [0.2, 0.25) is 5.43 Å². The third kappa shape index (κ3) is 3.08. The molecular formula is C27H24FN3O4S. The summed E-state index contributed by atoms with van der Waals surface area (Å²) >= 11 is 1.65. The molecule has 184 valence electrons. The van der Waals surface area contributed by atoms with Crippen LogP contribution in [0.1, 0.15) is 46.1 Å². The van der Waals surface area contributed by atoms with Crippen molar-refractivity contribution in [3.63, 3.8) is 0 Å². The number of benzene rings is 2. The number of halogens is 1. The Labute approximate surface area is 211 Å². The fraction of sp³-hybridized carbons (Fsp3) is 0.333. The lowest BCUT2D eigenvalue weighted by Crippen LogP contribution is -2.65. The molecule has 1 saturated carbocycles. The van der Waals surface area contributed by atoms with Crippen molar-refractivity contribution in [3.05, 3.63) is 93.2 Å². The highest BCUT2D eigenvalue weighted by atomic mass is 32.2. The molecule has 1 N–H and O–H groups in total. The minimum absolute atomic E-state index is 0.0390. The van der Waals surface area contributed by atoms with Gasteiger partial charge in [0.05, 0.1) is 13.2 Å². The molecule has 2 fully saturated rings. The van der Waals surface area contributed by atoms with E-state index in [1.54, 1.807) is 27.4 Å². The Kier molecular flexibility index (Phi) is 4.78. The molecule has 0 unspecified atom stereocenters. The van der Waals surface area contributed by atoms with Crippen molar-refractivity contribution in [3.8, 4) is 5.75 Å². The van der Waals surface area contributed by atoms with Crippen molar-refractivity contribution < 1.29 is 19.0 Å². The minimum atomic E-state index is -0.614. The molecule has 2 aromatic carbocycles. The van der Waals surface area contributed by atoms with Crippen LogP contribution < -0.4 is 10.4 Å². The van der Waals surface area contributed by atoms with E-state index in [0.717, 1.165) is 28.9 Å². The summed E-state index contributed by atoms with van der Waals surface area (Å²) in [7, 11) is 0. The molecule has 1 aliphatic carbocycles. The summed E-state index contributed by atoms with van der Waals surface area (Å²) in [6, 6.07) is 13.7. The zero-order chi connectivity index (χ0) is 24.6. The van der Waals surface area contributed by atoms with Gasteiger partial charge in [0.1, 0.15) is 18.5 Å². The standard InChI is InChI=1S/C27H24FN3O4S/c28-19-6-3-4-16-12-36-21-7-2-1-5-18(21)23(22(16)19)31-15-29(17-10-27(11-17)13-35-14-27)26(34)24-25(33)20(32)8-9-30(24)31/h1-9,17,23,33H,10-15H2/t23-/m1/s1. The lowest BCUT2D eigenvalue weighted by molar-refractivity contribution is -0.180. The van der Waals surface area contributed by atoms with Gasteiger partial charge in [-0.1, -0.05) is 30.3 Å². The lowest BCUT2D eigenvalue weighted by Gasteiger charge is -2.57. The highest BCUT2D eigenvalue weighted by Crippen LogP contribution is 2.50. The molecule has 1 saturated heterocycles. The van der Waals surface area contributed by atoms with Gasteiger partial charge < -0.3 is 14.7 Å². The van der Waals surface area contributed by atoms with Crippen LogP contribution >= 0.6 is 11.8 Å². The van der Waals surface area contributed by atoms with Crippen molar-refractivity contribution in [1.82, 2.24) is 9.58 Å². The second kappa shape index (κ2) is 7.85. The van der Waals surface area contributed by atoms with Gasteiger partial charge in [-0.2, -0.15) is 0 Å². The molecule has 1 spiro atoms. The van der Waals surface area contributed by atoms with Gasteiger partial charge in [0.15, 0.2) is 11.4 Å². The summed E-state index contributed by atoms with van der Waals surface area (Å²) in [5.74, 6) is -0.668. The summed E-state index contributed by atoms with van der Waals surface area (Å²) in [6.07, 6.45) is 3.13. The average Bonchev–Trinajstić information content (AvgIpc) is 2.99. The first kappa shape index (κ1) is 21.9. The minimum Gasteiger partial charge on any atom is -0.502 e. The Morgan fingerprint density at radius 3 is 2.64 bits per heavy atom. The Morgan fingerprint density at radius 2 is 1.86 bits per heavy atom. The molecule has 3 aromatic rings. The summed E-state index contributed by atoms with van der Waals surface area (Å²) in [5.41, 5.74) is 1.78. The molecule has 4 heterocycles. The molecule has 1 amide bonds. The first-order valence-electron chi connectivity index (χ1n) is 12.1. The van der Waals surface area contributed by atoms with Crippen LogP contribution in [-0.4, -0.2) is 46.5 Å². The number of carbonyl (C=O) groups is 1. The molecule has 7 rings (SSSR count). The van der Waals surface area contributed by atoms with Crippen LogP contribution in [0.4, 0.5) is 4.39 Å². The molecule has 7 nitrogen and oxygen atoms in total. The Hall–Kier alpha value is -3.30. The van der Waals surface area contributed by atoms with E-state index in [1.807, 2.05) is 35.3 Å². The number of pyridine rings is 1. The topological polar surface area (TPSA) is 75.0 Å². The van der Waals surface area contributed by atoms with E-state index >= 15 is 4.39 Å². The number of carbonyl (C=O) groups excluding carboxylic acids is 1. The highest BCUT2D eigenvalue weighted by molar-refractivity contribution is 7.98. The van der Waals surface area contributed by atoms with Crippen molar-refractivity contribution in [2.45, 2.75) is 35.6 Å². The number of aromatic hydroxyl groups is 1. The van der Waals surface area contributed by atoms with Crippen LogP contribution in [-0.2, 0) is 10.5 Å². The Balaban J connectivity index is 1.42. The quantitative estimate of drug-likeness (QED) is 0.574. The van der Waals surface area contributed by atoms with Gasteiger partial charge in [-0.25, -0.2) is 4.39 Å². The summed E-state index contributed by atoms with van der Waals surface area (Å²) in [6.45, 7) is 1.60. The third-order valence-electron chi connectivity index (χ3n) is 8.00. The van der Waals surface area contributed by atoms with Gasteiger partial charge in [-0.3, -0.25) is 19.3 Å². The van der Waals surface area contributed by atoms with E-state index in [4.69, 9.17) is 4.74 Å². The van der Waals surface area contributed by atoms with Crippen LogP contribution in [0.2, 0.25) is 0 Å². The van der Waals surface area contributed by atoms with Crippen molar-refractivity contribution in [2.75, 3.05) is 24.9 Å². The van der Waals surface area contributed by atoms with Gasteiger partial charge in [0.25, 0.3) is 5.91 Å². The van der Waals surface area contributed by atoms with Gasteiger partial charge in [0, 0.05) is 39.9 Å². The van der Waals surface area contributed by atoms with Crippen LogP contribution in [0.3, 0.4) is 0 Å². The second-order valence-electron chi connectivity index (χ2n) is 10.2. The maximum atomic E-state index is 15.6. The number of rotatable bonds is 2. The van der Waals surface area contributed by atoms with E-state index in [1.165, 1.54) is 18.3 Å². The molecule has 3 aliphatic heterocycles. The average molecular weight is 506 g/mol. The Morgan fingerprint density at radius 1 is 1.06 bits per heavy atom. The maximum absolute atomic E-state index is 15.6. The van der Waals surface area contributed by atoms with Crippen molar-refractivity contribution >= 4 is 17.7 Å². The number of amides is 1. The number of hydrogen-bond acceptors (Lipinski definition) is 6. The first-order chi connectivity index (χ1) is 17.5. The fourth-order valence-electron chi connectivity index (χ4n) is 6.10. The highest BCUT2D eigenvalue weighted by Gasteiger charge is 2.54. The zero-order valence-electron chi connectivity index (χ0n) is 19.4. The smallest absolute Gasteiger partial charge is 0.278 e. The number of fused-ring (bicyclic) bond motifs is 3. The van der Waals surface area contributed by atoms with E-state index < -0.39 is 17.2 Å². The van der Waals surface area contributed by atoms with Crippen LogP contribution in [0.15, 0.2) is 64.4 Å². The summed E-state index contributed by atoms with van der Waals surface area (Å²) in [4.78, 5) is 28.8. The maximum Gasteiger partial charge on any atom is 0.278 e. The van der Waals surface area contributed by atoms with Crippen molar-refractivity contribution in [1.29, 1.82) is 0 Å². The molecule has 1 atom stereocenters. The van der Waals surface area contributed by atoms with E-state index in [0.29, 0.717) is 24.5 Å². The number of nitrogens with zero attached hydrogens (tertiary/aromatic N) is 3. The SMILES string of the molecule is O=C1c2c(O)c(=O)ccn2N([C@@H]2c3ccccc3SCc3cccc(F)c32)CN1C1CC2(COC2)C1. The molecular weight excluding hydrogens is 481 g/mol. The van der Waals surface area contributed by atoms with Gasteiger partial charge in [-0.05, 0) is 36.1 Å². The van der Waals surface area contributed by atoms with Crippen LogP contribution in [0.25, 0.3) is 0 Å². The number of ether oxygens (including phenoxy) is 1. The third-order valence-corrected chi connectivity index (χ3v) is 9.14. The second-order valence-corrected chi connectivity index (χ2v) is 11.2. The fourth-order valence-corrected chi connectivity index (χ4v) is 7.18. The largest absolute Gasteiger partial charge is 0.502 e. The number of hydrogen-bond donors (Lipinski definition) is 1. The summed E-state index contributed by atoms with van der Waals surface area (Å²) in [5, 5.41) is 12.7. The number of aromatic nitrogens is 1. The normalized spacial score (nSPS) is 22.2. The molecule has 0 radical (unpaired) electrons. The van der Waals surface area contributed by atoms with E-state index in [2.05, 4.69) is 0 Å². The molecule has 1 aromatic heterocycles. The zero-order valence-corrected chi connectivity index (χ0v) is 20.2. The molecule has 9 heteroatoms. The van der Waals surface area contributed by atoms with Gasteiger partial charge in [-0.15, -0.1) is 11.8 Å². The number of thioether (sulfide) groups is 1. The predicted molar refractivity (Wildman–Crippen MR) is 132 cm³/mol. The monoisotopic (exact) mass is 505 g/mol. The van der Waals surface area contributed by atoms with Crippen LogP contribution in [0.5, 0.6) is 5.75 Å². The van der Waals surface area contributed by atoms with Crippen LogP contribution in [0, 0.1) is 11.2 Å². The van der Waals surface area contributed by atoms with E-state index in [9.17, 15) is 14.7 Å². The molecule has 0 bridgehead atoms. The van der Waals surface area contributed by atoms with E-state index in [-0.39, 0.29) is 35.5 Å². The van der Waals surface area contributed by atoms with Gasteiger partial charge >= 0.3 is 0 Å². The molecule has 4 aliphatic rings. The predicted octanol–water partition coefficient (Wildman–Crippen LogP) is 3.62. The van der Waals surface area contributed by atoms with Crippen molar-refractivity contribution in [2.24, 2.45) is 5.41 Å². The lowest BCUT2D eigenvalue weighted by atomic mass is 9.63. The Bertz CT molecular complexity index is 1460.